The fourth-order valence-corrected chi connectivity index (χ4v) is 4.90. The topological polar surface area (TPSA) is 44.3 Å². The number of rotatable bonds is 4. The third kappa shape index (κ3) is 4.43. The Hall–Kier alpha value is -0.120. The molecule has 0 spiro atoms. The highest BCUT2D eigenvalue weighted by molar-refractivity contribution is 4.91. The molecule has 1 heterocycles. The molecular weight excluding hydrogens is 260 g/mol. The molecule has 0 aromatic heterocycles. The lowest BCUT2D eigenvalue weighted by Crippen LogP contribution is -2.51. The average Bonchev–Trinajstić information content (AvgIpc) is 2.54. The molecule has 1 aliphatic heterocycles. The van der Waals surface area contributed by atoms with Crippen LogP contribution in [0.1, 0.15) is 70.6 Å². The minimum atomic E-state index is -0.0345. The van der Waals surface area contributed by atoms with E-state index in [0.717, 1.165) is 31.3 Å². The van der Waals surface area contributed by atoms with Gasteiger partial charge in [0.05, 0.1) is 6.10 Å². The predicted molar refractivity (Wildman–Crippen MR) is 87.4 cm³/mol. The Morgan fingerprint density at radius 3 is 2.57 bits per heavy atom. The quantitative estimate of drug-likeness (QED) is 0.747. The van der Waals surface area contributed by atoms with Gasteiger partial charge in [-0.2, -0.15) is 0 Å². The third-order valence-electron chi connectivity index (χ3n) is 6.11. The summed E-state index contributed by atoms with van der Waals surface area (Å²) in [5, 5.41) is 17.5. The molecule has 2 aliphatic carbocycles. The van der Waals surface area contributed by atoms with Crippen LogP contribution in [0.5, 0.6) is 0 Å². The Balaban J connectivity index is 1.49. The van der Waals surface area contributed by atoms with Crippen LogP contribution in [0.15, 0.2) is 0 Å². The summed E-state index contributed by atoms with van der Waals surface area (Å²) in [6.07, 6.45) is 14.3. The maximum absolute atomic E-state index is 9.83. The Morgan fingerprint density at radius 2 is 1.76 bits per heavy atom. The number of hydrogen-bond donors (Lipinski definition) is 3. The first-order valence-electron chi connectivity index (χ1n) is 9.48. The maximum atomic E-state index is 9.83. The van der Waals surface area contributed by atoms with Gasteiger partial charge < -0.3 is 15.7 Å². The van der Waals surface area contributed by atoms with E-state index < -0.39 is 0 Å². The second-order valence-electron chi connectivity index (χ2n) is 7.71. The van der Waals surface area contributed by atoms with Crippen molar-refractivity contribution in [1.82, 2.24) is 10.6 Å². The van der Waals surface area contributed by atoms with Crippen molar-refractivity contribution in [2.24, 2.45) is 11.8 Å². The number of hydrogen-bond acceptors (Lipinski definition) is 3. The molecule has 2 saturated carbocycles. The molecule has 0 aromatic carbocycles. The molecule has 0 radical (unpaired) electrons. The van der Waals surface area contributed by atoms with Gasteiger partial charge in [-0.05, 0) is 69.9 Å². The van der Waals surface area contributed by atoms with Crippen molar-refractivity contribution >= 4 is 0 Å². The Kier molecular flexibility index (Phi) is 5.96. The smallest absolute Gasteiger partial charge is 0.0543 e. The molecule has 3 nitrogen and oxygen atoms in total. The highest BCUT2D eigenvalue weighted by Gasteiger charge is 2.32. The molecule has 0 aromatic rings. The van der Waals surface area contributed by atoms with Crippen molar-refractivity contribution in [2.45, 2.75) is 88.8 Å². The van der Waals surface area contributed by atoms with Gasteiger partial charge in [0.15, 0.2) is 0 Å². The van der Waals surface area contributed by atoms with Crippen LogP contribution in [0, 0.1) is 11.8 Å². The van der Waals surface area contributed by atoms with Crippen molar-refractivity contribution < 1.29 is 5.11 Å². The minimum absolute atomic E-state index is 0.0345. The second-order valence-corrected chi connectivity index (χ2v) is 7.71. The molecule has 0 bridgehead atoms. The Labute approximate surface area is 130 Å². The van der Waals surface area contributed by atoms with Gasteiger partial charge in [0.1, 0.15) is 0 Å². The summed E-state index contributed by atoms with van der Waals surface area (Å²) in [6, 6.07) is 1.47. The molecule has 122 valence electrons. The van der Waals surface area contributed by atoms with Crippen LogP contribution in [0.25, 0.3) is 0 Å². The molecule has 5 atom stereocenters. The summed E-state index contributed by atoms with van der Waals surface area (Å²) in [6.45, 7) is 2.35. The van der Waals surface area contributed by atoms with E-state index in [-0.39, 0.29) is 6.10 Å². The largest absolute Gasteiger partial charge is 0.393 e. The first-order valence-corrected chi connectivity index (χ1v) is 9.48. The number of nitrogens with one attached hydrogen (secondary N) is 2. The van der Waals surface area contributed by atoms with Crippen molar-refractivity contribution in [3.05, 3.63) is 0 Å². The van der Waals surface area contributed by atoms with Crippen molar-refractivity contribution in [1.29, 1.82) is 0 Å². The monoisotopic (exact) mass is 294 g/mol. The number of piperidine rings is 1. The molecular formula is C18H34N2O. The lowest BCUT2D eigenvalue weighted by molar-refractivity contribution is 0.0954. The van der Waals surface area contributed by atoms with E-state index in [2.05, 4.69) is 10.6 Å². The molecule has 3 rings (SSSR count). The average molecular weight is 294 g/mol. The van der Waals surface area contributed by atoms with Crippen LogP contribution >= 0.6 is 0 Å². The summed E-state index contributed by atoms with van der Waals surface area (Å²) in [5.41, 5.74) is 0. The highest BCUT2D eigenvalue weighted by atomic mass is 16.3. The standard InChI is InChI=1S/C18H34N2O/c21-15-7-5-6-14(12-15)13-20-18-9-2-1-8-16(18)17-10-3-4-11-19-17/h14-21H,1-13H2. The highest BCUT2D eigenvalue weighted by Crippen LogP contribution is 2.31. The Bertz CT molecular complexity index is 304. The maximum Gasteiger partial charge on any atom is 0.0543 e. The molecule has 3 N–H and O–H groups in total. The number of aliphatic hydroxyl groups excluding tert-OH is 1. The van der Waals surface area contributed by atoms with Crippen molar-refractivity contribution in [2.75, 3.05) is 13.1 Å². The van der Waals surface area contributed by atoms with Gasteiger partial charge in [0.25, 0.3) is 0 Å². The normalized spacial score (nSPS) is 41.9. The fourth-order valence-electron chi connectivity index (χ4n) is 4.90. The zero-order chi connectivity index (χ0) is 14.5. The SMILES string of the molecule is OC1CCCC(CNC2CCCCC2C2CCCCN2)C1. The molecule has 5 unspecified atom stereocenters. The van der Waals surface area contributed by atoms with Gasteiger partial charge in [-0.3, -0.25) is 0 Å². The van der Waals surface area contributed by atoms with Gasteiger partial charge in [0, 0.05) is 12.1 Å². The van der Waals surface area contributed by atoms with E-state index in [1.54, 1.807) is 0 Å². The summed E-state index contributed by atoms with van der Waals surface area (Å²) >= 11 is 0. The molecule has 3 fully saturated rings. The van der Waals surface area contributed by atoms with Crippen molar-refractivity contribution in [3.63, 3.8) is 0 Å². The molecule has 0 amide bonds. The third-order valence-corrected chi connectivity index (χ3v) is 6.11. The zero-order valence-corrected chi connectivity index (χ0v) is 13.5. The van der Waals surface area contributed by atoms with Gasteiger partial charge in [-0.15, -0.1) is 0 Å². The second kappa shape index (κ2) is 7.94. The van der Waals surface area contributed by atoms with E-state index >= 15 is 0 Å². The van der Waals surface area contributed by atoms with Crippen LogP contribution in [0.2, 0.25) is 0 Å². The molecule has 1 saturated heterocycles. The van der Waals surface area contributed by atoms with E-state index in [1.165, 1.54) is 64.3 Å². The fraction of sp³-hybridized carbons (Fsp3) is 1.00. The first kappa shape index (κ1) is 15.8. The molecule has 3 heteroatoms. The van der Waals surface area contributed by atoms with E-state index in [0.29, 0.717) is 12.0 Å². The summed E-state index contributed by atoms with van der Waals surface area (Å²) in [5.74, 6) is 1.54. The van der Waals surface area contributed by atoms with Gasteiger partial charge in [0.2, 0.25) is 0 Å². The zero-order valence-electron chi connectivity index (χ0n) is 13.5. The minimum Gasteiger partial charge on any atom is -0.393 e. The summed E-state index contributed by atoms with van der Waals surface area (Å²) < 4.78 is 0. The Morgan fingerprint density at radius 1 is 0.905 bits per heavy atom. The van der Waals surface area contributed by atoms with Gasteiger partial charge >= 0.3 is 0 Å². The van der Waals surface area contributed by atoms with Gasteiger partial charge in [-0.25, -0.2) is 0 Å². The first-order chi connectivity index (χ1) is 10.3. The molecule has 3 aliphatic rings. The lowest BCUT2D eigenvalue weighted by atomic mass is 9.77. The van der Waals surface area contributed by atoms with Crippen LogP contribution in [-0.2, 0) is 0 Å². The van der Waals surface area contributed by atoms with Crippen molar-refractivity contribution in [3.8, 4) is 0 Å². The van der Waals surface area contributed by atoms with Crippen LogP contribution in [0.4, 0.5) is 0 Å². The summed E-state index contributed by atoms with van der Waals surface area (Å²) in [4.78, 5) is 0. The predicted octanol–water partition coefficient (Wildman–Crippen LogP) is 2.83. The van der Waals surface area contributed by atoms with E-state index in [1.807, 2.05) is 0 Å². The van der Waals surface area contributed by atoms with Crippen LogP contribution in [-0.4, -0.2) is 36.4 Å². The molecule has 21 heavy (non-hydrogen) atoms. The lowest BCUT2D eigenvalue weighted by Gasteiger charge is -2.40. The number of aliphatic hydroxyl groups is 1. The van der Waals surface area contributed by atoms with E-state index in [4.69, 9.17) is 0 Å². The van der Waals surface area contributed by atoms with E-state index in [9.17, 15) is 5.11 Å². The summed E-state index contributed by atoms with van der Waals surface area (Å²) in [7, 11) is 0. The van der Waals surface area contributed by atoms with Crippen LogP contribution in [0.3, 0.4) is 0 Å². The van der Waals surface area contributed by atoms with Crippen LogP contribution < -0.4 is 10.6 Å². The van der Waals surface area contributed by atoms with Gasteiger partial charge in [-0.1, -0.05) is 25.7 Å².